The van der Waals surface area contributed by atoms with Crippen molar-refractivity contribution in [3.8, 4) is 0 Å². The molecule has 1 aliphatic rings. The molecule has 4 nitrogen and oxygen atoms in total. The minimum atomic E-state index is -3.69. The summed E-state index contributed by atoms with van der Waals surface area (Å²) in [4.78, 5) is 0.303. The fourth-order valence-corrected chi connectivity index (χ4v) is 5.70. The van der Waals surface area contributed by atoms with Gasteiger partial charge in [0.15, 0.2) is 0 Å². The van der Waals surface area contributed by atoms with Crippen molar-refractivity contribution in [3.63, 3.8) is 0 Å². The van der Waals surface area contributed by atoms with Crippen LogP contribution in [0.5, 0.6) is 0 Å². The van der Waals surface area contributed by atoms with Crippen molar-refractivity contribution in [1.29, 1.82) is 0 Å². The molecule has 4 rings (SSSR count). The third kappa shape index (κ3) is 4.53. The van der Waals surface area contributed by atoms with Gasteiger partial charge in [0.2, 0.25) is 10.0 Å². The van der Waals surface area contributed by atoms with Gasteiger partial charge in [-0.15, -0.1) is 0 Å². The Labute approximate surface area is 172 Å². The second kappa shape index (κ2) is 8.66. The molecule has 0 heterocycles. The molecule has 3 aromatic carbocycles. The lowest BCUT2D eigenvalue weighted by molar-refractivity contribution is 0.0588. The van der Waals surface area contributed by atoms with E-state index in [0.29, 0.717) is 18.0 Å². The van der Waals surface area contributed by atoms with Crippen molar-refractivity contribution in [1.82, 2.24) is 4.31 Å². The zero-order chi connectivity index (χ0) is 20.3. The van der Waals surface area contributed by atoms with Crippen LogP contribution >= 0.6 is 0 Å². The van der Waals surface area contributed by atoms with E-state index in [0.717, 1.165) is 42.0 Å². The summed E-state index contributed by atoms with van der Waals surface area (Å²) in [5.41, 5.74) is 0.946. The van der Waals surface area contributed by atoms with E-state index in [1.165, 1.54) is 0 Å². The van der Waals surface area contributed by atoms with Crippen LogP contribution in [0.3, 0.4) is 0 Å². The van der Waals surface area contributed by atoms with Crippen LogP contribution in [0.25, 0.3) is 10.8 Å². The molecule has 3 aromatic rings. The van der Waals surface area contributed by atoms with Gasteiger partial charge in [0.25, 0.3) is 0 Å². The third-order valence-corrected chi connectivity index (χ3v) is 7.68. The predicted molar refractivity (Wildman–Crippen MR) is 116 cm³/mol. The number of hydrogen-bond donors (Lipinski definition) is 1. The lowest BCUT2D eigenvalue weighted by Crippen LogP contribution is -2.40. The van der Waals surface area contributed by atoms with Gasteiger partial charge >= 0.3 is 0 Å². The number of sulfonamides is 1. The minimum absolute atomic E-state index is 0.0253. The van der Waals surface area contributed by atoms with Crippen molar-refractivity contribution in [2.24, 2.45) is 5.92 Å². The average molecular weight is 410 g/mol. The molecule has 2 atom stereocenters. The van der Waals surface area contributed by atoms with Gasteiger partial charge in [-0.05, 0) is 47.2 Å². The van der Waals surface area contributed by atoms with Crippen LogP contribution in [0.4, 0.5) is 0 Å². The molecule has 152 valence electrons. The summed E-state index contributed by atoms with van der Waals surface area (Å²) in [6.07, 6.45) is 3.22. The molecular weight excluding hydrogens is 382 g/mol. The van der Waals surface area contributed by atoms with Crippen LogP contribution < -0.4 is 0 Å². The molecule has 5 heteroatoms. The molecule has 2 unspecified atom stereocenters. The number of aliphatic hydroxyl groups excluding tert-OH is 1. The van der Waals surface area contributed by atoms with Gasteiger partial charge in [0.1, 0.15) is 0 Å². The zero-order valence-corrected chi connectivity index (χ0v) is 17.3. The number of hydrogen-bond acceptors (Lipinski definition) is 3. The summed E-state index contributed by atoms with van der Waals surface area (Å²) < 4.78 is 28.8. The number of benzene rings is 3. The first-order valence-electron chi connectivity index (χ1n) is 10.2. The fraction of sp³-hybridized carbons (Fsp3) is 0.333. The highest BCUT2D eigenvalue weighted by atomic mass is 32.2. The second-order valence-corrected chi connectivity index (χ2v) is 9.84. The Hall–Kier alpha value is -2.21. The summed E-state index contributed by atoms with van der Waals surface area (Å²) in [7, 11) is -3.69. The standard InChI is InChI=1S/C24H27NO3S/c26-24-13-7-6-12-22(24)18-25(17-19-8-2-1-3-9-19)29(27,28)23-15-14-20-10-4-5-11-21(20)16-23/h1-5,8-11,14-16,22,24,26H,6-7,12-13,17-18H2. The highest BCUT2D eigenvalue weighted by Gasteiger charge is 2.31. The minimum Gasteiger partial charge on any atom is -0.393 e. The topological polar surface area (TPSA) is 57.6 Å². The molecule has 1 aliphatic carbocycles. The first-order chi connectivity index (χ1) is 14.0. The lowest BCUT2D eigenvalue weighted by atomic mass is 9.86. The van der Waals surface area contributed by atoms with Crippen molar-refractivity contribution < 1.29 is 13.5 Å². The quantitative estimate of drug-likeness (QED) is 0.648. The number of aliphatic hydroxyl groups is 1. The maximum Gasteiger partial charge on any atom is 0.243 e. The van der Waals surface area contributed by atoms with E-state index in [9.17, 15) is 13.5 Å². The molecule has 29 heavy (non-hydrogen) atoms. The first kappa shape index (κ1) is 20.1. The van der Waals surface area contributed by atoms with Crippen LogP contribution in [-0.2, 0) is 16.6 Å². The highest BCUT2D eigenvalue weighted by Crippen LogP contribution is 2.29. The highest BCUT2D eigenvalue weighted by molar-refractivity contribution is 7.89. The Morgan fingerprint density at radius 1 is 0.862 bits per heavy atom. The Morgan fingerprint density at radius 2 is 1.55 bits per heavy atom. The van der Waals surface area contributed by atoms with E-state index < -0.39 is 16.1 Å². The maximum absolute atomic E-state index is 13.6. The van der Waals surface area contributed by atoms with Crippen molar-refractivity contribution in [2.75, 3.05) is 6.54 Å². The van der Waals surface area contributed by atoms with Gasteiger partial charge in [-0.25, -0.2) is 8.42 Å². The molecule has 0 aliphatic heterocycles. The van der Waals surface area contributed by atoms with Crippen molar-refractivity contribution >= 4 is 20.8 Å². The summed E-state index contributed by atoms with van der Waals surface area (Å²) in [6, 6.07) is 22.7. The molecule has 1 saturated carbocycles. The van der Waals surface area contributed by atoms with E-state index in [2.05, 4.69) is 0 Å². The average Bonchev–Trinajstić information content (AvgIpc) is 2.75. The Morgan fingerprint density at radius 3 is 2.31 bits per heavy atom. The molecule has 0 aromatic heterocycles. The van der Waals surface area contributed by atoms with Gasteiger partial charge in [-0.2, -0.15) is 4.31 Å². The van der Waals surface area contributed by atoms with Gasteiger partial charge in [-0.1, -0.05) is 73.5 Å². The van der Waals surface area contributed by atoms with Gasteiger partial charge < -0.3 is 5.11 Å². The fourth-order valence-electron chi connectivity index (χ4n) is 4.17. The second-order valence-electron chi connectivity index (χ2n) is 7.90. The maximum atomic E-state index is 13.6. The van der Waals surface area contributed by atoms with Crippen LogP contribution in [-0.4, -0.2) is 30.5 Å². The molecule has 0 amide bonds. The van der Waals surface area contributed by atoms with Gasteiger partial charge in [-0.3, -0.25) is 0 Å². The SMILES string of the molecule is O=S(=O)(c1ccc2ccccc2c1)N(Cc1ccccc1)CC1CCCCC1O. The van der Waals surface area contributed by atoms with Gasteiger partial charge in [0.05, 0.1) is 11.0 Å². The number of nitrogens with zero attached hydrogens (tertiary/aromatic N) is 1. The van der Waals surface area contributed by atoms with E-state index in [1.54, 1.807) is 16.4 Å². The normalized spacial score (nSPS) is 20.2. The van der Waals surface area contributed by atoms with Crippen LogP contribution in [0.15, 0.2) is 77.7 Å². The molecule has 1 N–H and O–H groups in total. The summed E-state index contributed by atoms with van der Waals surface area (Å²) in [6.45, 7) is 0.643. The molecule has 0 radical (unpaired) electrons. The summed E-state index contributed by atoms with van der Waals surface area (Å²) >= 11 is 0. The predicted octanol–water partition coefficient (Wildman–Crippen LogP) is 4.58. The number of fused-ring (bicyclic) bond motifs is 1. The van der Waals surface area contributed by atoms with E-state index in [-0.39, 0.29) is 5.92 Å². The van der Waals surface area contributed by atoms with E-state index >= 15 is 0 Å². The largest absolute Gasteiger partial charge is 0.393 e. The molecule has 1 fully saturated rings. The van der Waals surface area contributed by atoms with Gasteiger partial charge in [0, 0.05) is 13.1 Å². The molecule has 0 saturated heterocycles. The first-order valence-corrected chi connectivity index (χ1v) is 11.7. The third-order valence-electron chi connectivity index (χ3n) is 5.87. The summed E-state index contributed by atoms with van der Waals surface area (Å²) in [5.74, 6) is -0.0253. The molecule has 0 bridgehead atoms. The van der Waals surface area contributed by atoms with E-state index in [1.807, 2.05) is 60.7 Å². The molecule has 0 spiro atoms. The van der Waals surface area contributed by atoms with Crippen LogP contribution in [0.1, 0.15) is 31.2 Å². The smallest absolute Gasteiger partial charge is 0.243 e. The summed E-state index contributed by atoms with van der Waals surface area (Å²) in [5, 5.41) is 12.4. The zero-order valence-electron chi connectivity index (χ0n) is 16.4. The van der Waals surface area contributed by atoms with Crippen molar-refractivity contribution in [2.45, 2.75) is 43.2 Å². The number of rotatable bonds is 6. The van der Waals surface area contributed by atoms with Crippen molar-refractivity contribution in [3.05, 3.63) is 78.4 Å². The monoisotopic (exact) mass is 409 g/mol. The Kier molecular flexibility index (Phi) is 5.99. The Bertz CT molecular complexity index is 1070. The molecular formula is C24H27NO3S. The lowest BCUT2D eigenvalue weighted by Gasteiger charge is -2.32. The van der Waals surface area contributed by atoms with E-state index in [4.69, 9.17) is 0 Å². The Balaban J connectivity index is 1.68. The van der Waals surface area contributed by atoms with Crippen LogP contribution in [0, 0.1) is 5.92 Å². The van der Waals surface area contributed by atoms with Crippen LogP contribution in [0.2, 0.25) is 0 Å².